The molecule has 162 valence electrons. The Hall–Kier alpha value is -2.64. The van der Waals surface area contributed by atoms with Crippen molar-refractivity contribution in [3.05, 3.63) is 70.7 Å². The average Bonchev–Trinajstić information content (AvgIpc) is 3.20. The molecule has 0 saturated carbocycles. The van der Waals surface area contributed by atoms with Crippen molar-refractivity contribution in [2.45, 2.75) is 43.9 Å². The lowest BCUT2D eigenvalue weighted by molar-refractivity contribution is -0.116. The number of hydrogen-bond donors (Lipinski definition) is 2. The van der Waals surface area contributed by atoms with Gasteiger partial charge in [-0.05, 0) is 49.6 Å². The third kappa shape index (κ3) is 7.84. The molecule has 31 heavy (non-hydrogen) atoms. The van der Waals surface area contributed by atoms with Crippen LogP contribution in [0, 0.1) is 6.92 Å². The Kier molecular flexibility index (Phi) is 8.67. The predicted octanol–water partition coefficient (Wildman–Crippen LogP) is 5.71. The molecule has 0 spiro atoms. The molecule has 0 unspecified atom stereocenters. The monoisotopic (exact) mass is 453 g/mol. The molecule has 2 N–H and O–H groups in total. The molecule has 2 amide bonds. The lowest BCUT2D eigenvalue weighted by Gasteiger charge is -2.06. The minimum Gasteiger partial charge on any atom is -0.326 e. The first-order valence-electron chi connectivity index (χ1n) is 10.3. The highest BCUT2D eigenvalue weighted by Crippen LogP contribution is 2.23. The normalized spacial score (nSPS) is 10.6. The van der Waals surface area contributed by atoms with Gasteiger partial charge < -0.3 is 10.6 Å². The number of rotatable bonds is 10. The summed E-state index contributed by atoms with van der Waals surface area (Å²) in [5.41, 5.74) is 4.72. The third-order valence-electron chi connectivity index (χ3n) is 4.59. The Morgan fingerprint density at radius 2 is 1.61 bits per heavy atom. The highest BCUT2D eigenvalue weighted by atomic mass is 32.2. The molecule has 0 fully saturated rings. The van der Waals surface area contributed by atoms with Gasteiger partial charge in [0.1, 0.15) is 0 Å². The Morgan fingerprint density at radius 3 is 2.29 bits per heavy atom. The third-order valence-corrected chi connectivity index (χ3v) is 6.66. The lowest BCUT2D eigenvalue weighted by atomic mass is 10.1. The van der Waals surface area contributed by atoms with E-state index in [4.69, 9.17) is 0 Å². The van der Waals surface area contributed by atoms with Gasteiger partial charge in [-0.25, -0.2) is 4.98 Å². The summed E-state index contributed by atoms with van der Waals surface area (Å²) in [6.45, 7) is 4.18. The van der Waals surface area contributed by atoms with Crippen molar-refractivity contribution in [3.63, 3.8) is 0 Å². The summed E-state index contributed by atoms with van der Waals surface area (Å²) in [6, 6.07) is 15.7. The van der Waals surface area contributed by atoms with Gasteiger partial charge in [0.15, 0.2) is 4.34 Å². The number of anilines is 2. The second-order valence-electron chi connectivity index (χ2n) is 7.33. The maximum atomic E-state index is 12.3. The maximum absolute atomic E-state index is 12.3. The first-order valence-corrected chi connectivity index (χ1v) is 12.2. The van der Waals surface area contributed by atoms with Crippen molar-refractivity contribution < 1.29 is 9.59 Å². The Morgan fingerprint density at radius 1 is 0.968 bits per heavy atom. The quantitative estimate of drug-likeness (QED) is 0.386. The second-order valence-corrected chi connectivity index (χ2v) is 9.41. The molecule has 0 aliphatic carbocycles. The number of amides is 2. The summed E-state index contributed by atoms with van der Waals surface area (Å²) in [5.74, 6) is 0.100. The molecule has 3 rings (SSSR count). The molecule has 0 radical (unpaired) electrons. The predicted molar refractivity (Wildman–Crippen MR) is 130 cm³/mol. The average molecular weight is 454 g/mol. The molecule has 0 bridgehead atoms. The van der Waals surface area contributed by atoms with Gasteiger partial charge in [-0.1, -0.05) is 54.9 Å². The zero-order valence-electron chi connectivity index (χ0n) is 17.8. The Balaban J connectivity index is 1.43. The van der Waals surface area contributed by atoms with E-state index in [0.717, 1.165) is 27.7 Å². The second kappa shape index (κ2) is 11.7. The summed E-state index contributed by atoms with van der Waals surface area (Å²) < 4.78 is 0.780. The number of nitrogens with one attached hydrogen (secondary N) is 2. The summed E-state index contributed by atoms with van der Waals surface area (Å²) in [5, 5.41) is 7.66. The van der Waals surface area contributed by atoms with Crippen LogP contribution in [0.25, 0.3) is 0 Å². The molecule has 0 aliphatic heterocycles. The van der Waals surface area contributed by atoms with E-state index in [9.17, 15) is 9.59 Å². The van der Waals surface area contributed by atoms with Crippen LogP contribution in [0.3, 0.4) is 0 Å². The fourth-order valence-corrected chi connectivity index (χ4v) is 4.55. The van der Waals surface area contributed by atoms with E-state index in [2.05, 4.69) is 34.7 Å². The zero-order valence-corrected chi connectivity index (χ0v) is 19.4. The molecular weight excluding hydrogens is 426 g/mol. The number of thioether (sulfide) groups is 1. The van der Waals surface area contributed by atoms with Crippen LogP contribution in [-0.4, -0.2) is 22.6 Å². The van der Waals surface area contributed by atoms with Crippen LogP contribution in [0.5, 0.6) is 0 Å². The van der Waals surface area contributed by atoms with E-state index in [1.54, 1.807) is 0 Å². The van der Waals surface area contributed by atoms with E-state index >= 15 is 0 Å². The molecule has 1 heterocycles. The van der Waals surface area contributed by atoms with Gasteiger partial charge in [-0.3, -0.25) is 9.59 Å². The standard InChI is InChI=1S/C24H27N3O2S2/c1-3-4-5-18-8-12-20(13-9-18)25-22(28)14-21-15-30-24(27-21)31-16-23(29)26-19-10-6-17(2)7-11-19/h6-13,15H,3-5,14,16H2,1-2H3,(H,25,28)(H,26,29). The molecule has 2 aromatic carbocycles. The van der Waals surface area contributed by atoms with Crippen molar-refractivity contribution in [3.8, 4) is 0 Å². The van der Waals surface area contributed by atoms with Crippen molar-refractivity contribution in [2.75, 3.05) is 16.4 Å². The zero-order chi connectivity index (χ0) is 22.1. The fourth-order valence-electron chi connectivity index (χ4n) is 2.90. The van der Waals surface area contributed by atoms with Crippen molar-refractivity contribution in [1.82, 2.24) is 4.98 Å². The van der Waals surface area contributed by atoms with Crippen LogP contribution in [0.4, 0.5) is 11.4 Å². The molecule has 0 atom stereocenters. The number of carbonyl (C=O) groups excluding carboxylic acids is 2. The number of carbonyl (C=O) groups is 2. The number of thiazole rings is 1. The van der Waals surface area contributed by atoms with Crippen LogP contribution >= 0.6 is 23.1 Å². The van der Waals surface area contributed by atoms with E-state index in [0.29, 0.717) is 5.69 Å². The molecule has 1 aromatic heterocycles. The van der Waals surface area contributed by atoms with Crippen LogP contribution in [0.2, 0.25) is 0 Å². The highest BCUT2D eigenvalue weighted by molar-refractivity contribution is 8.01. The lowest BCUT2D eigenvalue weighted by Crippen LogP contribution is -2.15. The van der Waals surface area contributed by atoms with Gasteiger partial charge in [0.05, 0.1) is 17.9 Å². The van der Waals surface area contributed by atoms with Crippen molar-refractivity contribution in [1.29, 1.82) is 0 Å². The number of nitrogens with zero attached hydrogens (tertiary/aromatic N) is 1. The smallest absolute Gasteiger partial charge is 0.234 e. The van der Waals surface area contributed by atoms with Crippen molar-refractivity contribution >= 4 is 46.3 Å². The van der Waals surface area contributed by atoms with Gasteiger partial charge in [0, 0.05) is 16.8 Å². The molecule has 0 aliphatic rings. The topological polar surface area (TPSA) is 71.1 Å². The molecule has 3 aromatic rings. The summed E-state index contributed by atoms with van der Waals surface area (Å²) >= 11 is 2.82. The van der Waals surface area contributed by atoms with Gasteiger partial charge in [0.25, 0.3) is 0 Å². The number of benzene rings is 2. The van der Waals surface area contributed by atoms with E-state index in [-0.39, 0.29) is 24.0 Å². The minimum atomic E-state index is -0.0970. The van der Waals surface area contributed by atoms with Gasteiger partial charge in [-0.15, -0.1) is 11.3 Å². The first kappa shape index (κ1) is 23.0. The minimum absolute atomic E-state index is 0.0780. The molecule has 0 saturated heterocycles. The van der Waals surface area contributed by atoms with Crippen LogP contribution in [-0.2, 0) is 22.4 Å². The fraction of sp³-hybridized carbons (Fsp3) is 0.292. The summed E-state index contributed by atoms with van der Waals surface area (Å²) in [6.07, 6.45) is 3.62. The summed E-state index contributed by atoms with van der Waals surface area (Å²) in [4.78, 5) is 28.9. The van der Waals surface area contributed by atoms with E-state index in [1.807, 2.05) is 48.7 Å². The number of aryl methyl sites for hydroxylation is 2. The highest BCUT2D eigenvalue weighted by Gasteiger charge is 2.11. The molecule has 7 heteroatoms. The molecule has 5 nitrogen and oxygen atoms in total. The number of unbranched alkanes of at least 4 members (excludes halogenated alkanes) is 1. The van der Waals surface area contributed by atoms with E-state index < -0.39 is 0 Å². The number of hydrogen-bond acceptors (Lipinski definition) is 5. The molecular formula is C24H27N3O2S2. The summed E-state index contributed by atoms with van der Waals surface area (Å²) in [7, 11) is 0. The Bertz CT molecular complexity index is 998. The van der Waals surface area contributed by atoms with Crippen LogP contribution < -0.4 is 10.6 Å². The largest absolute Gasteiger partial charge is 0.326 e. The van der Waals surface area contributed by atoms with Crippen LogP contribution in [0.15, 0.2) is 58.3 Å². The van der Waals surface area contributed by atoms with Gasteiger partial charge in [-0.2, -0.15) is 0 Å². The Labute approximate surface area is 191 Å². The first-order chi connectivity index (χ1) is 15.0. The number of aromatic nitrogens is 1. The van der Waals surface area contributed by atoms with Gasteiger partial charge >= 0.3 is 0 Å². The maximum Gasteiger partial charge on any atom is 0.234 e. The SMILES string of the molecule is CCCCc1ccc(NC(=O)Cc2csc(SCC(=O)Nc3ccc(C)cc3)n2)cc1. The van der Waals surface area contributed by atoms with Crippen LogP contribution in [0.1, 0.15) is 36.6 Å². The van der Waals surface area contributed by atoms with E-state index in [1.165, 1.54) is 41.5 Å². The van der Waals surface area contributed by atoms with Crippen molar-refractivity contribution in [2.24, 2.45) is 0 Å². The van der Waals surface area contributed by atoms with Gasteiger partial charge in [0.2, 0.25) is 11.8 Å².